The Morgan fingerprint density at radius 3 is 2.24 bits per heavy atom. The van der Waals surface area contributed by atoms with Crippen molar-refractivity contribution in [1.82, 2.24) is 5.06 Å². The van der Waals surface area contributed by atoms with Crippen LogP contribution in [0.1, 0.15) is 0 Å². The molecular weight excluding hydrogens is 224 g/mol. The summed E-state index contributed by atoms with van der Waals surface area (Å²) in [5, 5.41) is 9.19. The molecule has 0 aromatic rings. The van der Waals surface area contributed by atoms with Gasteiger partial charge >= 0.3 is 11.9 Å². The Labute approximate surface area is 97.3 Å². The molecule has 0 spiro atoms. The summed E-state index contributed by atoms with van der Waals surface area (Å²) in [6, 6.07) is 0. The second-order valence-electron chi connectivity index (χ2n) is 2.68. The number of esters is 1. The summed E-state index contributed by atoms with van der Waals surface area (Å²) in [5.41, 5.74) is 0. The van der Waals surface area contributed by atoms with Crippen molar-refractivity contribution in [2.75, 3.05) is 0 Å². The van der Waals surface area contributed by atoms with Crippen molar-refractivity contribution in [2.24, 2.45) is 0 Å². The summed E-state index contributed by atoms with van der Waals surface area (Å²) in [7, 11) is 0. The molecule has 0 aliphatic carbocycles. The molecule has 1 rings (SSSR count). The van der Waals surface area contributed by atoms with E-state index in [9.17, 15) is 9.59 Å². The van der Waals surface area contributed by atoms with E-state index >= 15 is 0 Å². The Morgan fingerprint density at radius 2 is 1.65 bits per heavy atom. The maximum absolute atomic E-state index is 11.2. The molecule has 0 N–H and O–H groups in total. The number of hydroxylamine groups is 2. The highest BCUT2D eigenvalue weighted by atomic mass is 16.7. The van der Waals surface area contributed by atoms with Crippen molar-refractivity contribution < 1.29 is 19.2 Å². The van der Waals surface area contributed by atoms with Gasteiger partial charge in [-0.25, -0.2) is 9.59 Å². The molecule has 0 aromatic carbocycles. The first-order chi connectivity index (χ1) is 8.22. The van der Waals surface area contributed by atoms with Gasteiger partial charge in [0.25, 0.3) is 6.26 Å². The highest BCUT2D eigenvalue weighted by molar-refractivity contribution is 5.91. The van der Waals surface area contributed by atoms with E-state index in [2.05, 4.69) is 4.74 Å². The molecule has 0 amide bonds. The standard InChI is InChI=1S/C11H8N2O4/c12-9-16-10(14)5-6-11(15)17-13-7-3-1-2-4-8-13/h1-8H/b6-5-. The van der Waals surface area contributed by atoms with E-state index in [1.807, 2.05) is 0 Å². The SMILES string of the molecule is N#COC(=O)/C=C\C(=O)ON1C=CC=CC=C1. The lowest BCUT2D eigenvalue weighted by atomic mass is 10.5. The Balaban J connectivity index is 2.45. The first-order valence-corrected chi connectivity index (χ1v) is 4.52. The number of allylic oxidation sites excluding steroid dienone is 4. The number of carbonyl (C=O) groups is 2. The summed E-state index contributed by atoms with van der Waals surface area (Å²) in [6.07, 6.45) is 12.7. The van der Waals surface area contributed by atoms with Crippen LogP contribution in [0.2, 0.25) is 0 Å². The minimum Gasteiger partial charge on any atom is -0.347 e. The molecule has 1 aliphatic rings. The van der Waals surface area contributed by atoms with Crippen molar-refractivity contribution in [1.29, 1.82) is 5.26 Å². The Morgan fingerprint density at radius 1 is 1.06 bits per heavy atom. The molecule has 0 bridgehead atoms. The van der Waals surface area contributed by atoms with Gasteiger partial charge in [0.05, 0.1) is 0 Å². The van der Waals surface area contributed by atoms with Crippen molar-refractivity contribution in [3.63, 3.8) is 0 Å². The van der Waals surface area contributed by atoms with Crippen molar-refractivity contribution in [3.8, 4) is 6.26 Å². The molecule has 1 aliphatic heterocycles. The Hall–Kier alpha value is -2.81. The van der Waals surface area contributed by atoms with Gasteiger partial charge in [-0.3, -0.25) is 0 Å². The molecule has 0 saturated heterocycles. The molecule has 17 heavy (non-hydrogen) atoms. The first-order valence-electron chi connectivity index (χ1n) is 4.52. The largest absolute Gasteiger partial charge is 0.356 e. The van der Waals surface area contributed by atoms with Crippen molar-refractivity contribution in [3.05, 3.63) is 48.9 Å². The highest BCUT2D eigenvalue weighted by Gasteiger charge is 2.04. The summed E-state index contributed by atoms with van der Waals surface area (Å²) in [6.45, 7) is 0. The van der Waals surface area contributed by atoms with E-state index in [0.717, 1.165) is 12.2 Å². The van der Waals surface area contributed by atoms with E-state index in [0.29, 0.717) is 0 Å². The first kappa shape index (κ1) is 12.3. The summed E-state index contributed by atoms with van der Waals surface area (Å²) < 4.78 is 3.92. The number of ether oxygens (including phenoxy) is 1. The van der Waals surface area contributed by atoms with Crippen LogP contribution < -0.4 is 0 Å². The average molecular weight is 232 g/mol. The zero-order valence-electron chi connectivity index (χ0n) is 8.65. The predicted octanol–water partition coefficient (Wildman–Crippen LogP) is 0.924. The van der Waals surface area contributed by atoms with Gasteiger partial charge in [0.1, 0.15) is 0 Å². The number of nitrogens with zero attached hydrogens (tertiary/aromatic N) is 2. The Kier molecular flexibility index (Phi) is 4.78. The van der Waals surface area contributed by atoms with Crippen LogP contribution in [0.3, 0.4) is 0 Å². The monoisotopic (exact) mass is 232 g/mol. The fourth-order valence-electron chi connectivity index (χ4n) is 0.857. The normalized spacial score (nSPS) is 13.2. The molecule has 0 atom stereocenters. The zero-order chi connectivity index (χ0) is 12.5. The molecular formula is C11H8N2O4. The lowest BCUT2D eigenvalue weighted by Crippen LogP contribution is -2.15. The number of carbonyl (C=O) groups excluding carboxylic acids is 2. The fourth-order valence-corrected chi connectivity index (χ4v) is 0.857. The molecule has 86 valence electrons. The third kappa shape index (κ3) is 4.99. The second kappa shape index (κ2) is 6.63. The summed E-state index contributed by atoms with van der Waals surface area (Å²) in [4.78, 5) is 26.7. The van der Waals surface area contributed by atoms with Gasteiger partial charge < -0.3 is 9.57 Å². The van der Waals surface area contributed by atoms with Gasteiger partial charge in [0.2, 0.25) is 0 Å². The lowest BCUT2D eigenvalue weighted by molar-refractivity contribution is -0.162. The summed E-state index contributed by atoms with van der Waals surface area (Å²) in [5.74, 6) is -1.70. The van der Waals surface area contributed by atoms with Gasteiger partial charge in [0.15, 0.2) is 0 Å². The van der Waals surface area contributed by atoms with Gasteiger partial charge in [-0.1, -0.05) is 12.2 Å². The number of nitriles is 1. The third-order valence-corrected chi connectivity index (χ3v) is 1.50. The van der Waals surface area contributed by atoms with Crippen LogP contribution in [0.15, 0.2) is 48.9 Å². The Bertz CT molecular complexity index is 439. The number of hydrogen-bond donors (Lipinski definition) is 0. The maximum atomic E-state index is 11.2. The molecule has 1 heterocycles. The van der Waals surface area contributed by atoms with E-state index in [-0.39, 0.29) is 0 Å². The molecule has 6 nitrogen and oxygen atoms in total. The molecule has 0 aromatic heterocycles. The fraction of sp³-hybridized carbons (Fsp3) is 0. The van der Waals surface area contributed by atoms with Crippen LogP contribution >= 0.6 is 0 Å². The second-order valence-corrected chi connectivity index (χ2v) is 2.68. The van der Waals surface area contributed by atoms with Gasteiger partial charge in [-0.05, 0) is 12.2 Å². The number of rotatable bonds is 3. The van der Waals surface area contributed by atoms with Crippen LogP contribution in [-0.2, 0) is 19.2 Å². The van der Waals surface area contributed by atoms with Crippen LogP contribution in [-0.4, -0.2) is 17.0 Å². The summed E-state index contributed by atoms with van der Waals surface area (Å²) >= 11 is 0. The third-order valence-electron chi connectivity index (χ3n) is 1.50. The predicted molar refractivity (Wildman–Crippen MR) is 56.2 cm³/mol. The van der Waals surface area contributed by atoms with Crippen molar-refractivity contribution in [2.45, 2.75) is 0 Å². The van der Waals surface area contributed by atoms with Gasteiger partial charge in [-0.2, -0.15) is 5.06 Å². The zero-order valence-corrected chi connectivity index (χ0v) is 8.65. The minimum atomic E-state index is -0.937. The smallest absolute Gasteiger partial charge is 0.347 e. The van der Waals surface area contributed by atoms with Crippen LogP contribution in [0.5, 0.6) is 0 Å². The topological polar surface area (TPSA) is 79.6 Å². The number of hydrogen-bond acceptors (Lipinski definition) is 6. The maximum Gasteiger partial charge on any atom is 0.356 e. The van der Waals surface area contributed by atoms with Crippen LogP contribution in [0.4, 0.5) is 0 Å². The quantitative estimate of drug-likeness (QED) is 0.409. The molecule has 0 radical (unpaired) electrons. The van der Waals surface area contributed by atoms with E-state index in [4.69, 9.17) is 10.1 Å². The molecule has 0 fully saturated rings. The molecule has 0 saturated carbocycles. The molecule has 0 unspecified atom stereocenters. The van der Waals surface area contributed by atoms with E-state index < -0.39 is 11.9 Å². The van der Waals surface area contributed by atoms with E-state index in [1.54, 1.807) is 24.3 Å². The van der Waals surface area contributed by atoms with E-state index in [1.165, 1.54) is 23.7 Å². The van der Waals surface area contributed by atoms with Crippen molar-refractivity contribution >= 4 is 11.9 Å². The van der Waals surface area contributed by atoms with Crippen LogP contribution in [0.25, 0.3) is 0 Å². The minimum absolute atomic E-state index is 0.768. The molecule has 6 heteroatoms. The van der Waals surface area contributed by atoms with Gasteiger partial charge in [0, 0.05) is 24.6 Å². The van der Waals surface area contributed by atoms with Gasteiger partial charge in [-0.15, -0.1) is 5.26 Å². The highest BCUT2D eigenvalue weighted by Crippen LogP contribution is 2.00. The lowest BCUT2D eigenvalue weighted by Gasteiger charge is -2.11. The van der Waals surface area contributed by atoms with Crippen LogP contribution in [0, 0.1) is 11.5 Å². The average Bonchev–Trinajstić information content (AvgIpc) is 2.55.